The number of aromatic nitrogens is 1. The number of rotatable bonds is 4. The van der Waals surface area contributed by atoms with Crippen LogP contribution in [0.25, 0.3) is 0 Å². The molecule has 3 N–H and O–H groups in total. The van der Waals surface area contributed by atoms with Crippen molar-refractivity contribution in [3.05, 3.63) is 58.4 Å². The van der Waals surface area contributed by atoms with Crippen LogP contribution in [0.2, 0.25) is 5.02 Å². The number of nitrogens with one attached hydrogen (secondary N) is 1. The lowest BCUT2D eigenvalue weighted by molar-refractivity contribution is 1.08. The van der Waals surface area contributed by atoms with Crippen molar-refractivity contribution in [1.82, 2.24) is 4.98 Å². The molecular weight excluding hydrogens is 278 g/mol. The van der Waals surface area contributed by atoms with Gasteiger partial charge in [-0.1, -0.05) is 23.8 Å². The Morgan fingerprint density at radius 3 is 2.89 bits per heavy atom. The van der Waals surface area contributed by atoms with E-state index < -0.39 is 0 Å². The molecule has 0 saturated carbocycles. The van der Waals surface area contributed by atoms with Gasteiger partial charge in [0.05, 0.1) is 0 Å². The smallest absolute Gasteiger partial charge is 0.106 e. The van der Waals surface area contributed by atoms with E-state index in [4.69, 9.17) is 29.6 Å². The number of pyridine rings is 1. The monoisotopic (exact) mass is 291 g/mol. The molecule has 5 heteroatoms. The van der Waals surface area contributed by atoms with Crippen LogP contribution >= 0.6 is 23.8 Å². The summed E-state index contributed by atoms with van der Waals surface area (Å²) in [4.78, 5) is 4.44. The Hall–Kier alpha value is -1.65. The third-order valence-corrected chi connectivity index (χ3v) is 3.32. The Balaban J connectivity index is 2.20. The van der Waals surface area contributed by atoms with Crippen molar-refractivity contribution in [2.75, 3.05) is 5.32 Å². The van der Waals surface area contributed by atoms with Crippen molar-refractivity contribution in [3.8, 4) is 0 Å². The molecule has 0 amide bonds. The minimum absolute atomic E-state index is 0.327. The highest BCUT2D eigenvalue weighted by Crippen LogP contribution is 2.21. The minimum atomic E-state index is 0.327. The molecule has 19 heavy (non-hydrogen) atoms. The van der Waals surface area contributed by atoms with Crippen molar-refractivity contribution in [2.24, 2.45) is 5.73 Å². The van der Waals surface area contributed by atoms with E-state index in [9.17, 15) is 0 Å². The number of thiocarbonyl (C=S) groups is 1. The van der Waals surface area contributed by atoms with Crippen molar-refractivity contribution in [1.29, 1.82) is 0 Å². The van der Waals surface area contributed by atoms with Gasteiger partial charge in [-0.25, -0.2) is 0 Å². The van der Waals surface area contributed by atoms with Gasteiger partial charge in [-0.3, -0.25) is 4.98 Å². The van der Waals surface area contributed by atoms with Crippen LogP contribution in [0.3, 0.4) is 0 Å². The Kier molecular flexibility index (Phi) is 4.35. The first-order valence-electron chi connectivity index (χ1n) is 5.80. The summed E-state index contributed by atoms with van der Waals surface area (Å²) in [7, 11) is 0. The van der Waals surface area contributed by atoms with E-state index in [1.165, 1.54) is 5.56 Å². The second-order valence-corrected chi connectivity index (χ2v) is 5.09. The van der Waals surface area contributed by atoms with E-state index in [1.807, 2.05) is 24.4 Å². The highest BCUT2D eigenvalue weighted by atomic mass is 35.5. The Labute approximate surface area is 122 Å². The molecule has 0 fully saturated rings. The maximum atomic E-state index is 5.95. The van der Waals surface area contributed by atoms with Gasteiger partial charge in [0.25, 0.3) is 0 Å². The van der Waals surface area contributed by atoms with E-state index in [1.54, 1.807) is 12.3 Å². The number of benzene rings is 1. The predicted molar refractivity (Wildman–Crippen MR) is 83.6 cm³/mol. The first-order valence-corrected chi connectivity index (χ1v) is 6.59. The summed E-state index contributed by atoms with van der Waals surface area (Å²) in [5.74, 6) is 0. The molecule has 3 nitrogen and oxygen atoms in total. The van der Waals surface area contributed by atoms with Gasteiger partial charge in [-0.05, 0) is 42.3 Å². The van der Waals surface area contributed by atoms with Gasteiger partial charge in [0.2, 0.25) is 0 Å². The maximum absolute atomic E-state index is 5.95. The molecule has 0 aliphatic rings. The molecule has 0 aliphatic carbocycles. The lowest BCUT2D eigenvalue weighted by Gasteiger charge is -2.12. The number of hydrogen-bond acceptors (Lipinski definition) is 3. The van der Waals surface area contributed by atoms with Gasteiger partial charge in [0, 0.05) is 35.2 Å². The number of anilines is 1. The zero-order chi connectivity index (χ0) is 13.8. The summed E-state index contributed by atoms with van der Waals surface area (Å²) in [5.41, 5.74) is 9.65. The SMILES string of the molecule is Cc1ccncc1CNc1ccc(Cl)cc1C(N)=S. The lowest BCUT2D eigenvalue weighted by atomic mass is 10.1. The van der Waals surface area contributed by atoms with Crippen molar-refractivity contribution in [2.45, 2.75) is 13.5 Å². The maximum Gasteiger partial charge on any atom is 0.106 e. The normalized spacial score (nSPS) is 10.2. The van der Waals surface area contributed by atoms with Gasteiger partial charge < -0.3 is 11.1 Å². The molecule has 0 aliphatic heterocycles. The molecule has 2 rings (SSSR count). The van der Waals surface area contributed by atoms with Gasteiger partial charge in [-0.2, -0.15) is 0 Å². The topological polar surface area (TPSA) is 50.9 Å². The summed E-state index contributed by atoms with van der Waals surface area (Å²) in [5, 5.41) is 3.93. The average Bonchev–Trinajstić information content (AvgIpc) is 2.38. The number of aryl methyl sites for hydroxylation is 1. The van der Waals surface area contributed by atoms with Crippen molar-refractivity contribution in [3.63, 3.8) is 0 Å². The largest absolute Gasteiger partial charge is 0.389 e. The predicted octanol–water partition coefficient (Wildman–Crippen LogP) is 3.29. The molecule has 0 spiro atoms. The van der Waals surface area contributed by atoms with Crippen LogP contribution in [0, 0.1) is 6.92 Å². The average molecular weight is 292 g/mol. The third kappa shape index (κ3) is 3.43. The van der Waals surface area contributed by atoms with E-state index in [0.717, 1.165) is 16.8 Å². The van der Waals surface area contributed by atoms with Crippen molar-refractivity contribution < 1.29 is 0 Å². The highest BCUT2D eigenvalue weighted by Gasteiger charge is 2.06. The van der Waals surface area contributed by atoms with Crippen LogP contribution in [0.5, 0.6) is 0 Å². The Morgan fingerprint density at radius 1 is 1.42 bits per heavy atom. The molecule has 0 radical (unpaired) electrons. The fourth-order valence-electron chi connectivity index (χ4n) is 1.75. The molecule has 2 aromatic rings. The van der Waals surface area contributed by atoms with E-state index in [-0.39, 0.29) is 0 Å². The van der Waals surface area contributed by atoms with E-state index in [0.29, 0.717) is 16.6 Å². The van der Waals surface area contributed by atoms with Crippen LogP contribution in [0.15, 0.2) is 36.7 Å². The second-order valence-electron chi connectivity index (χ2n) is 4.21. The van der Waals surface area contributed by atoms with E-state index >= 15 is 0 Å². The standard InChI is InChI=1S/C14H14ClN3S/c1-9-4-5-17-7-10(9)8-18-13-3-2-11(15)6-12(13)14(16)19/h2-7,18H,8H2,1H3,(H2,16,19). The van der Waals surface area contributed by atoms with Gasteiger partial charge in [0.15, 0.2) is 0 Å². The third-order valence-electron chi connectivity index (χ3n) is 2.86. The van der Waals surface area contributed by atoms with Gasteiger partial charge >= 0.3 is 0 Å². The van der Waals surface area contributed by atoms with Crippen LogP contribution < -0.4 is 11.1 Å². The van der Waals surface area contributed by atoms with Crippen LogP contribution in [0.1, 0.15) is 16.7 Å². The Bertz CT molecular complexity index is 613. The number of nitrogens with zero attached hydrogens (tertiary/aromatic N) is 1. The lowest BCUT2D eigenvalue weighted by Crippen LogP contribution is -2.13. The number of hydrogen-bond donors (Lipinski definition) is 2. The highest BCUT2D eigenvalue weighted by molar-refractivity contribution is 7.80. The summed E-state index contributed by atoms with van der Waals surface area (Å²) in [6, 6.07) is 7.43. The summed E-state index contributed by atoms with van der Waals surface area (Å²) >= 11 is 11.0. The Morgan fingerprint density at radius 2 is 2.21 bits per heavy atom. The molecular formula is C14H14ClN3S. The first kappa shape index (κ1) is 13.8. The minimum Gasteiger partial charge on any atom is -0.389 e. The fraction of sp³-hybridized carbons (Fsp3) is 0.143. The molecule has 98 valence electrons. The molecule has 1 heterocycles. The summed E-state index contributed by atoms with van der Waals surface area (Å²) < 4.78 is 0. The molecule has 0 atom stereocenters. The molecule has 0 saturated heterocycles. The second kappa shape index (κ2) is 5.99. The number of nitrogens with two attached hydrogens (primary N) is 1. The first-order chi connectivity index (χ1) is 9.08. The zero-order valence-electron chi connectivity index (χ0n) is 10.5. The fourth-order valence-corrected chi connectivity index (χ4v) is 2.09. The van der Waals surface area contributed by atoms with Crippen molar-refractivity contribution >= 4 is 34.5 Å². The van der Waals surface area contributed by atoms with Crippen LogP contribution in [-0.2, 0) is 6.54 Å². The molecule has 1 aromatic carbocycles. The molecule has 1 aromatic heterocycles. The quantitative estimate of drug-likeness (QED) is 0.849. The van der Waals surface area contributed by atoms with Crippen LogP contribution in [-0.4, -0.2) is 9.97 Å². The summed E-state index contributed by atoms with van der Waals surface area (Å²) in [6.07, 6.45) is 3.63. The molecule has 0 bridgehead atoms. The molecule has 0 unspecified atom stereocenters. The van der Waals surface area contributed by atoms with Gasteiger partial charge in [-0.15, -0.1) is 0 Å². The van der Waals surface area contributed by atoms with E-state index in [2.05, 4.69) is 17.2 Å². The van der Waals surface area contributed by atoms with Crippen LogP contribution in [0.4, 0.5) is 5.69 Å². The number of halogens is 1. The summed E-state index contributed by atoms with van der Waals surface area (Å²) in [6.45, 7) is 2.71. The van der Waals surface area contributed by atoms with Gasteiger partial charge in [0.1, 0.15) is 4.99 Å². The zero-order valence-corrected chi connectivity index (χ0v) is 12.1.